The van der Waals surface area contributed by atoms with Gasteiger partial charge in [0.25, 0.3) is 0 Å². The van der Waals surface area contributed by atoms with Crippen LogP contribution in [0.15, 0.2) is 41.8 Å². The Morgan fingerprint density at radius 1 is 1.17 bits per heavy atom. The number of hydrogen-bond donors (Lipinski definition) is 2. The summed E-state index contributed by atoms with van der Waals surface area (Å²) >= 11 is 7.47. The van der Waals surface area contributed by atoms with Crippen molar-refractivity contribution in [2.45, 2.75) is 19.8 Å². The Labute approximate surface area is 177 Å². The summed E-state index contributed by atoms with van der Waals surface area (Å²) in [5, 5.41) is 14.7. The third kappa shape index (κ3) is 4.52. The highest BCUT2D eigenvalue weighted by Crippen LogP contribution is 2.39. The minimum Gasteiger partial charge on any atom is -0.481 e. The molecule has 3 rings (SSSR count). The number of rotatable bonds is 6. The Morgan fingerprint density at radius 2 is 1.86 bits per heavy atom. The molecule has 2 aromatic rings. The van der Waals surface area contributed by atoms with Crippen molar-refractivity contribution in [1.29, 1.82) is 0 Å². The smallest absolute Gasteiger partial charge is 0.341 e. The van der Waals surface area contributed by atoms with Crippen LogP contribution in [0.5, 0.6) is 0 Å². The van der Waals surface area contributed by atoms with Crippen molar-refractivity contribution in [3.8, 4) is 11.1 Å². The van der Waals surface area contributed by atoms with Crippen LogP contribution in [0.3, 0.4) is 0 Å². The molecule has 0 radical (unpaired) electrons. The van der Waals surface area contributed by atoms with Crippen molar-refractivity contribution in [2.24, 2.45) is 11.8 Å². The number of carbonyl (C=O) groups excluding carboxylic acids is 2. The van der Waals surface area contributed by atoms with Crippen molar-refractivity contribution in [3.63, 3.8) is 0 Å². The number of esters is 1. The molecule has 0 aliphatic heterocycles. The van der Waals surface area contributed by atoms with E-state index in [-0.39, 0.29) is 12.2 Å². The monoisotopic (exact) mass is 433 g/mol. The summed E-state index contributed by atoms with van der Waals surface area (Å²) in [5.74, 6) is -3.52. The summed E-state index contributed by atoms with van der Waals surface area (Å²) in [7, 11) is 0. The largest absolute Gasteiger partial charge is 0.481 e. The Bertz CT molecular complexity index is 968. The number of nitrogens with one attached hydrogen (secondary N) is 1. The number of allylic oxidation sites excluding steroid dienone is 2. The average Bonchev–Trinajstić information content (AvgIpc) is 3.11. The van der Waals surface area contributed by atoms with E-state index in [1.54, 1.807) is 48.7 Å². The lowest BCUT2D eigenvalue weighted by Gasteiger charge is -2.24. The van der Waals surface area contributed by atoms with E-state index in [1.165, 1.54) is 11.3 Å². The normalized spacial score (nSPS) is 18.3. The predicted molar refractivity (Wildman–Crippen MR) is 112 cm³/mol. The molecule has 1 aliphatic rings. The van der Waals surface area contributed by atoms with Gasteiger partial charge in [0, 0.05) is 21.5 Å². The van der Waals surface area contributed by atoms with Gasteiger partial charge in [0.05, 0.1) is 18.4 Å². The molecule has 0 spiro atoms. The van der Waals surface area contributed by atoms with Crippen LogP contribution in [0.4, 0.5) is 5.00 Å². The lowest BCUT2D eigenvalue weighted by atomic mass is 9.82. The molecule has 1 aromatic carbocycles. The second-order valence-corrected chi connectivity index (χ2v) is 7.82. The van der Waals surface area contributed by atoms with Crippen LogP contribution in [0, 0.1) is 11.8 Å². The molecule has 1 heterocycles. The minimum absolute atomic E-state index is 0.179. The van der Waals surface area contributed by atoms with Crippen LogP contribution in [0.1, 0.15) is 30.1 Å². The number of benzene rings is 1. The quantitative estimate of drug-likeness (QED) is 0.501. The maximum absolute atomic E-state index is 12.8. The van der Waals surface area contributed by atoms with Gasteiger partial charge < -0.3 is 15.2 Å². The van der Waals surface area contributed by atoms with Gasteiger partial charge >= 0.3 is 11.9 Å². The Hall–Kier alpha value is -2.64. The van der Waals surface area contributed by atoms with Gasteiger partial charge in [-0.15, -0.1) is 11.3 Å². The van der Waals surface area contributed by atoms with Crippen LogP contribution < -0.4 is 5.32 Å². The van der Waals surface area contributed by atoms with Crippen molar-refractivity contribution in [3.05, 3.63) is 52.4 Å². The molecule has 0 fully saturated rings. The number of thiophene rings is 1. The van der Waals surface area contributed by atoms with Gasteiger partial charge in [-0.05, 0) is 25.8 Å². The second kappa shape index (κ2) is 9.24. The molecule has 6 nitrogen and oxygen atoms in total. The number of hydrogen-bond acceptors (Lipinski definition) is 5. The fourth-order valence-electron chi connectivity index (χ4n) is 3.32. The minimum atomic E-state index is -1.01. The molecule has 8 heteroatoms. The van der Waals surface area contributed by atoms with Crippen LogP contribution in [-0.4, -0.2) is 29.6 Å². The zero-order chi connectivity index (χ0) is 21.0. The SMILES string of the molecule is CCOC(=O)c1c(-c2ccccc2Cl)csc1NC(=O)C1CC=CCC1C(=O)O. The first-order chi connectivity index (χ1) is 13.9. The summed E-state index contributed by atoms with van der Waals surface area (Å²) in [5.41, 5.74) is 1.43. The van der Waals surface area contributed by atoms with Crippen LogP contribution in [0.2, 0.25) is 5.02 Å². The number of ether oxygens (including phenoxy) is 1. The molecule has 1 aromatic heterocycles. The zero-order valence-corrected chi connectivity index (χ0v) is 17.3. The fraction of sp³-hybridized carbons (Fsp3) is 0.286. The summed E-state index contributed by atoms with van der Waals surface area (Å²) in [6.07, 6.45) is 4.21. The zero-order valence-electron chi connectivity index (χ0n) is 15.7. The molecule has 1 aliphatic carbocycles. The molecule has 2 N–H and O–H groups in total. The number of carbonyl (C=O) groups is 3. The molecule has 0 bridgehead atoms. The van der Waals surface area contributed by atoms with E-state index in [1.807, 2.05) is 0 Å². The number of halogens is 1. The summed E-state index contributed by atoms with van der Waals surface area (Å²) in [6.45, 7) is 1.88. The number of carboxylic acids is 1. The van der Waals surface area contributed by atoms with Gasteiger partial charge in [0.2, 0.25) is 5.91 Å². The molecule has 152 valence electrons. The first-order valence-electron chi connectivity index (χ1n) is 9.16. The first kappa shape index (κ1) is 21.1. The van der Waals surface area contributed by atoms with Gasteiger partial charge in [-0.25, -0.2) is 4.79 Å². The van der Waals surface area contributed by atoms with E-state index in [0.717, 1.165) is 0 Å². The predicted octanol–water partition coefficient (Wildman–Crippen LogP) is 4.85. The van der Waals surface area contributed by atoms with Crippen molar-refractivity contribution in [2.75, 3.05) is 11.9 Å². The first-order valence-corrected chi connectivity index (χ1v) is 10.4. The second-order valence-electron chi connectivity index (χ2n) is 6.54. The van der Waals surface area contributed by atoms with Crippen molar-refractivity contribution < 1.29 is 24.2 Å². The number of carboxylic acid groups (broad SMARTS) is 1. The van der Waals surface area contributed by atoms with Crippen molar-refractivity contribution in [1.82, 2.24) is 0 Å². The van der Waals surface area contributed by atoms with E-state index < -0.39 is 29.7 Å². The highest BCUT2D eigenvalue weighted by molar-refractivity contribution is 7.15. The van der Waals surface area contributed by atoms with E-state index in [0.29, 0.717) is 34.0 Å². The van der Waals surface area contributed by atoms with Gasteiger partial charge in [0.1, 0.15) is 10.6 Å². The molecular formula is C21H20ClNO5S. The molecule has 2 unspecified atom stereocenters. The van der Waals surface area contributed by atoms with Crippen LogP contribution in [-0.2, 0) is 14.3 Å². The van der Waals surface area contributed by atoms with Gasteiger partial charge in [0.15, 0.2) is 0 Å². The fourth-order valence-corrected chi connectivity index (χ4v) is 4.50. The molecule has 2 atom stereocenters. The number of aliphatic carboxylic acids is 1. The van der Waals surface area contributed by atoms with Gasteiger partial charge in [-0.2, -0.15) is 0 Å². The van der Waals surface area contributed by atoms with E-state index in [9.17, 15) is 19.5 Å². The Balaban J connectivity index is 1.96. The summed E-state index contributed by atoms with van der Waals surface area (Å²) in [4.78, 5) is 37.0. The number of anilines is 1. The maximum Gasteiger partial charge on any atom is 0.341 e. The van der Waals surface area contributed by atoms with Crippen LogP contribution in [0.25, 0.3) is 11.1 Å². The van der Waals surface area contributed by atoms with Crippen molar-refractivity contribution >= 4 is 45.8 Å². The molecule has 1 amide bonds. The Kier molecular flexibility index (Phi) is 6.71. The molecule has 0 saturated carbocycles. The third-order valence-corrected chi connectivity index (χ3v) is 5.98. The molecular weight excluding hydrogens is 414 g/mol. The number of amides is 1. The highest BCUT2D eigenvalue weighted by atomic mass is 35.5. The third-order valence-electron chi connectivity index (χ3n) is 4.76. The lowest BCUT2D eigenvalue weighted by Crippen LogP contribution is -2.34. The van der Waals surface area contributed by atoms with Crippen LogP contribution >= 0.6 is 22.9 Å². The lowest BCUT2D eigenvalue weighted by molar-refractivity contribution is -0.146. The average molecular weight is 434 g/mol. The molecule has 0 saturated heterocycles. The Morgan fingerprint density at radius 3 is 2.52 bits per heavy atom. The van der Waals surface area contributed by atoms with Gasteiger partial charge in [-0.1, -0.05) is 42.0 Å². The van der Waals surface area contributed by atoms with Gasteiger partial charge in [-0.3, -0.25) is 9.59 Å². The summed E-state index contributed by atoms with van der Waals surface area (Å²) in [6, 6.07) is 7.09. The molecule has 29 heavy (non-hydrogen) atoms. The maximum atomic E-state index is 12.8. The highest BCUT2D eigenvalue weighted by Gasteiger charge is 2.35. The van der Waals surface area contributed by atoms with E-state index in [2.05, 4.69) is 5.32 Å². The van der Waals surface area contributed by atoms with E-state index in [4.69, 9.17) is 16.3 Å². The summed E-state index contributed by atoms with van der Waals surface area (Å²) < 4.78 is 5.18. The topological polar surface area (TPSA) is 92.7 Å². The van der Waals surface area contributed by atoms with E-state index >= 15 is 0 Å². The standard InChI is InChI=1S/C21H20ClNO5S/c1-2-28-21(27)17-15(12-7-5-6-10-16(12)22)11-29-19(17)23-18(24)13-8-3-4-9-14(13)20(25)26/h3-7,10-11,13-14H,2,8-9H2,1H3,(H,23,24)(H,25,26).